The monoisotopic (exact) mass is 319 g/mol. The fraction of sp³-hybridized carbons (Fsp3) is 0.375. The van der Waals surface area contributed by atoms with Crippen LogP contribution in [0.1, 0.15) is 12.8 Å². The predicted octanol–water partition coefficient (Wildman–Crippen LogP) is 1.57. The number of nitrogens with zero attached hydrogens (tertiary/aromatic N) is 1. The van der Waals surface area contributed by atoms with Crippen LogP contribution in [0, 0.1) is 24.1 Å². The molecular weight excluding hydrogens is 301 g/mol. The van der Waals surface area contributed by atoms with Crippen molar-refractivity contribution in [1.29, 1.82) is 0 Å². The Morgan fingerprint density at radius 3 is 3.00 bits per heavy atom. The molecule has 6 nitrogen and oxygen atoms in total. The molecule has 1 saturated heterocycles. The Balaban J connectivity index is 2.08. The van der Waals surface area contributed by atoms with Crippen LogP contribution in [-0.4, -0.2) is 36.5 Å². The van der Waals surface area contributed by atoms with Gasteiger partial charge in [0.15, 0.2) is 0 Å². The Bertz CT molecular complexity index is 642. The summed E-state index contributed by atoms with van der Waals surface area (Å²) in [6.45, 7) is 0.754. The summed E-state index contributed by atoms with van der Waals surface area (Å²) in [6, 6.07) is 3.32. The van der Waals surface area contributed by atoms with Crippen molar-refractivity contribution in [2.45, 2.75) is 12.8 Å². The lowest BCUT2D eigenvalue weighted by molar-refractivity contribution is -0.123. The molecule has 0 aliphatic carbocycles. The third kappa shape index (κ3) is 4.36. The molecule has 0 bridgehead atoms. The average Bonchev–Trinajstić information content (AvgIpc) is 2.54. The summed E-state index contributed by atoms with van der Waals surface area (Å²) in [5.74, 6) is 1.28. The number of nitrogens with one attached hydrogen (secondary N) is 1. The van der Waals surface area contributed by atoms with E-state index in [0.29, 0.717) is 19.4 Å². The van der Waals surface area contributed by atoms with E-state index >= 15 is 0 Å². The van der Waals surface area contributed by atoms with E-state index in [0.717, 1.165) is 6.07 Å². The van der Waals surface area contributed by atoms with Crippen molar-refractivity contribution >= 4 is 17.6 Å². The summed E-state index contributed by atoms with van der Waals surface area (Å²) in [6.07, 6.45) is 6.48. The zero-order valence-corrected chi connectivity index (χ0v) is 12.5. The second kappa shape index (κ2) is 7.49. The van der Waals surface area contributed by atoms with Gasteiger partial charge in [-0.15, -0.1) is 6.42 Å². The van der Waals surface area contributed by atoms with Crippen LogP contribution in [0.5, 0.6) is 5.75 Å². The van der Waals surface area contributed by atoms with Crippen molar-refractivity contribution in [1.82, 2.24) is 4.90 Å². The highest BCUT2D eigenvalue weighted by molar-refractivity contribution is 5.91. The molecule has 0 saturated carbocycles. The number of anilines is 1. The number of ether oxygens (including phenoxy) is 1. The number of terminal acetylenes is 1. The van der Waals surface area contributed by atoms with Crippen molar-refractivity contribution in [3.63, 3.8) is 0 Å². The number of carbonyl (C=O) groups excluding carboxylic acids is 2. The second-order valence-corrected chi connectivity index (χ2v) is 5.25. The lowest BCUT2D eigenvalue weighted by Gasteiger charge is -2.31. The molecule has 122 valence electrons. The van der Waals surface area contributed by atoms with E-state index in [1.165, 1.54) is 17.0 Å². The number of hydrogen-bond acceptors (Lipinski definition) is 3. The molecule has 3 N–H and O–H groups in total. The van der Waals surface area contributed by atoms with Gasteiger partial charge in [-0.1, -0.05) is 5.92 Å². The molecule has 1 heterocycles. The molecule has 1 aromatic carbocycles. The molecule has 1 fully saturated rings. The number of halogens is 1. The van der Waals surface area contributed by atoms with Gasteiger partial charge in [0.25, 0.3) is 0 Å². The van der Waals surface area contributed by atoms with Crippen molar-refractivity contribution < 1.29 is 18.7 Å². The van der Waals surface area contributed by atoms with E-state index in [4.69, 9.17) is 16.9 Å². The number of amides is 3. The first-order chi connectivity index (χ1) is 11.0. The summed E-state index contributed by atoms with van der Waals surface area (Å²) in [5.41, 5.74) is 5.48. The van der Waals surface area contributed by atoms with Crippen LogP contribution in [0.15, 0.2) is 18.2 Å². The quantitative estimate of drug-likeness (QED) is 0.826. The number of piperidine rings is 1. The normalized spacial score (nSPS) is 17.2. The van der Waals surface area contributed by atoms with E-state index in [-0.39, 0.29) is 30.5 Å². The topological polar surface area (TPSA) is 84.7 Å². The molecule has 0 radical (unpaired) electrons. The first kappa shape index (κ1) is 16.6. The van der Waals surface area contributed by atoms with Gasteiger partial charge in [0, 0.05) is 19.2 Å². The van der Waals surface area contributed by atoms with E-state index < -0.39 is 17.8 Å². The van der Waals surface area contributed by atoms with Crippen molar-refractivity contribution in [3.8, 4) is 18.1 Å². The third-order valence-corrected chi connectivity index (χ3v) is 3.61. The van der Waals surface area contributed by atoms with Crippen LogP contribution in [0.2, 0.25) is 0 Å². The van der Waals surface area contributed by atoms with Crippen molar-refractivity contribution in [2.75, 3.05) is 25.0 Å². The first-order valence-electron chi connectivity index (χ1n) is 7.22. The van der Waals surface area contributed by atoms with Gasteiger partial charge in [0.05, 0.1) is 11.6 Å². The Labute approximate surface area is 133 Å². The fourth-order valence-corrected chi connectivity index (χ4v) is 2.43. The lowest BCUT2D eigenvalue weighted by atomic mass is 9.98. The van der Waals surface area contributed by atoms with Gasteiger partial charge in [-0.3, -0.25) is 4.79 Å². The number of carbonyl (C=O) groups is 2. The minimum Gasteiger partial charge on any atom is -0.479 e. The van der Waals surface area contributed by atoms with E-state index in [9.17, 15) is 14.0 Å². The average molecular weight is 319 g/mol. The Morgan fingerprint density at radius 1 is 1.52 bits per heavy atom. The van der Waals surface area contributed by atoms with Crippen LogP contribution in [0.4, 0.5) is 14.9 Å². The van der Waals surface area contributed by atoms with Gasteiger partial charge in [0.2, 0.25) is 5.91 Å². The summed E-state index contributed by atoms with van der Waals surface area (Å²) < 4.78 is 18.7. The highest BCUT2D eigenvalue weighted by Gasteiger charge is 2.27. The molecule has 1 atom stereocenters. The molecule has 1 aromatic rings. The SMILES string of the molecule is C#CCOc1ccc(F)cc1NC(=O)N1CCC[C@H](C(N)=O)C1. The number of urea groups is 1. The molecule has 23 heavy (non-hydrogen) atoms. The van der Waals surface area contributed by atoms with E-state index in [2.05, 4.69) is 11.2 Å². The maximum Gasteiger partial charge on any atom is 0.321 e. The second-order valence-electron chi connectivity index (χ2n) is 5.25. The zero-order chi connectivity index (χ0) is 16.8. The van der Waals surface area contributed by atoms with Crippen molar-refractivity contribution in [3.05, 3.63) is 24.0 Å². The summed E-state index contributed by atoms with van der Waals surface area (Å²) in [4.78, 5) is 25.1. The minimum absolute atomic E-state index is 0.00195. The largest absolute Gasteiger partial charge is 0.479 e. The first-order valence-corrected chi connectivity index (χ1v) is 7.22. The van der Waals surface area contributed by atoms with Crippen molar-refractivity contribution in [2.24, 2.45) is 11.7 Å². The maximum atomic E-state index is 13.4. The van der Waals surface area contributed by atoms with Gasteiger partial charge in [-0.25, -0.2) is 9.18 Å². The summed E-state index contributed by atoms with van der Waals surface area (Å²) >= 11 is 0. The van der Waals surface area contributed by atoms with Crippen LogP contribution in [0.25, 0.3) is 0 Å². The lowest BCUT2D eigenvalue weighted by Crippen LogP contribution is -2.45. The summed E-state index contributed by atoms with van der Waals surface area (Å²) in [5, 5.41) is 2.59. The van der Waals surface area contributed by atoms with Crippen LogP contribution in [0.3, 0.4) is 0 Å². The summed E-state index contributed by atoms with van der Waals surface area (Å²) in [7, 11) is 0. The number of benzene rings is 1. The molecule has 2 rings (SSSR count). The van der Waals surface area contributed by atoms with E-state index in [1.807, 2.05) is 0 Å². The molecule has 0 unspecified atom stereocenters. The molecule has 1 aliphatic rings. The number of nitrogens with two attached hydrogens (primary N) is 1. The zero-order valence-electron chi connectivity index (χ0n) is 12.5. The maximum absolute atomic E-state index is 13.4. The fourth-order valence-electron chi connectivity index (χ4n) is 2.43. The van der Waals surface area contributed by atoms with Gasteiger partial charge < -0.3 is 20.7 Å². The molecule has 0 aromatic heterocycles. The Morgan fingerprint density at radius 2 is 2.30 bits per heavy atom. The molecule has 3 amide bonds. The van der Waals surface area contributed by atoms with Gasteiger partial charge in [0.1, 0.15) is 18.2 Å². The Hall–Kier alpha value is -2.75. The molecule has 1 aliphatic heterocycles. The molecule has 0 spiro atoms. The standard InChI is InChI=1S/C16H18FN3O3/c1-2-8-23-14-6-5-12(17)9-13(14)19-16(22)20-7-3-4-11(10-20)15(18)21/h1,5-6,9,11H,3-4,7-8,10H2,(H2,18,21)(H,19,22)/t11-/m0/s1. The number of hydrogen-bond donors (Lipinski definition) is 2. The highest BCUT2D eigenvalue weighted by Crippen LogP contribution is 2.26. The van der Waals surface area contributed by atoms with Crippen LogP contribution < -0.4 is 15.8 Å². The van der Waals surface area contributed by atoms with Gasteiger partial charge >= 0.3 is 6.03 Å². The number of primary amides is 1. The third-order valence-electron chi connectivity index (χ3n) is 3.61. The Kier molecular flexibility index (Phi) is 5.41. The van der Waals surface area contributed by atoms with Gasteiger partial charge in [-0.2, -0.15) is 0 Å². The van der Waals surface area contributed by atoms with Crippen LogP contribution in [-0.2, 0) is 4.79 Å². The molecular formula is C16H18FN3O3. The highest BCUT2D eigenvalue weighted by atomic mass is 19.1. The minimum atomic E-state index is -0.512. The molecule has 7 heteroatoms. The number of likely N-dealkylation sites (tertiary alicyclic amines) is 1. The number of rotatable bonds is 4. The van der Waals surface area contributed by atoms with E-state index in [1.54, 1.807) is 0 Å². The van der Waals surface area contributed by atoms with Gasteiger partial charge in [-0.05, 0) is 25.0 Å². The smallest absolute Gasteiger partial charge is 0.321 e. The van der Waals surface area contributed by atoms with Crippen LogP contribution >= 0.6 is 0 Å². The predicted molar refractivity (Wildman–Crippen MR) is 83.2 cm³/mol.